The standard InChI is InChI=1S/C21H19FN4O3S/c22-15-6-8-16(9-7-15)25-20(28)17-12-24-21(26-19(17)23)30-13-18(27)29-11-10-14-4-2-1-3-5-14/h1-9,12H,10-11,13H2,(H,25,28)(H2,23,24,26). The molecular formula is C21H19FN4O3S. The fourth-order valence-electron chi connectivity index (χ4n) is 2.45. The number of carbonyl (C=O) groups is 2. The highest BCUT2D eigenvalue weighted by atomic mass is 32.2. The molecule has 154 valence electrons. The molecule has 0 aliphatic heterocycles. The molecule has 9 heteroatoms. The van der Waals surface area contributed by atoms with Crippen LogP contribution in [0.4, 0.5) is 15.9 Å². The van der Waals surface area contributed by atoms with E-state index in [1.807, 2.05) is 30.3 Å². The minimum Gasteiger partial charge on any atom is -0.465 e. The van der Waals surface area contributed by atoms with E-state index in [-0.39, 0.29) is 28.9 Å². The number of hydrogen-bond acceptors (Lipinski definition) is 7. The van der Waals surface area contributed by atoms with Crippen molar-refractivity contribution in [1.29, 1.82) is 0 Å². The highest BCUT2D eigenvalue weighted by Crippen LogP contribution is 2.18. The van der Waals surface area contributed by atoms with E-state index in [0.717, 1.165) is 17.3 Å². The third kappa shape index (κ3) is 6.28. The molecule has 0 saturated heterocycles. The maximum Gasteiger partial charge on any atom is 0.316 e. The molecule has 0 aliphatic rings. The Morgan fingerprint density at radius 2 is 1.83 bits per heavy atom. The zero-order valence-corrected chi connectivity index (χ0v) is 16.7. The number of nitrogens with two attached hydrogens (primary N) is 1. The number of amides is 1. The van der Waals surface area contributed by atoms with E-state index < -0.39 is 17.7 Å². The zero-order chi connectivity index (χ0) is 21.3. The summed E-state index contributed by atoms with van der Waals surface area (Å²) in [5.74, 6) is -1.32. The van der Waals surface area contributed by atoms with Crippen molar-refractivity contribution in [3.8, 4) is 0 Å². The van der Waals surface area contributed by atoms with Crippen molar-refractivity contribution in [2.24, 2.45) is 0 Å². The van der Waals surface area contributed by atoms with Gasteiger partial charge in [-0.2, -0.15) is 0 Å². The van der Waals surface area contributed by atoms with Gasteiger partial charge in [-0.25, -0.2) is 14.4 Å². The highest BCUT2D eigenvalue weighted by Gasteiger charge is 2.14. The molecule has 3 rings (SSSR count). The second-order valence-corrected chi connectivity index (χ2v) is 7.10. The Morgan fingerprint density at radius 3 is 2.53 bits per heavy atom. The summed E-state index contributed by atoms with van der Waals surface area (Å²) in [6.07, 6.45) is 1.92. The van der Waals surface area contributed by atoms with Gasteiger partial charge in [-0.3, -0.25) is 9.59 Å². The van der Waals surface area contributed by atoms with Gasteiger partial charge >= 0.3 is 5.97 Å². The predicted octanol–water partition coefficient (Wildman–Crippen LogP) is 3.33. The molecule has 1 aromatic heterocycles. The summed E-state index contributed by atoms with van der Waals surface area (Å²) < 4.78 is 18.1. The first kappa shape index (κ1) is 21.3. The molecule has 0 spiro atoms. The molecular weight excluding hydrogens is 407 g/mol. The number of ether oxygens (including phenoxy) is 1. The van der Waals surface area contributed by atoms with Gasteiger partial charge in [-0.1, -0.05) is 42.1 Å². The van der Waals surface area contributed by atoms with Gasteiger partial charge in [0.05, 0.1) is 12.4 Å². The van der Waals surface area contributed by atoms with Crippen molar-refractivity contribution in [2.75, 3.05) is 23.4 Å². The lowest BCUT2D eigenvalue weighted by Crippen LogP contribution is -2.16. The van der Waals surface area contributed by atoms with E-state index in [1.165, 1.54) is 30.5 Å². The number of rotatable bonds is 8. The molecule has 0 bridgehead atoms. The summed E-state index contributed by atoms with van der Waals surface area (Å²) in [6.45, 7) is 0.287. The van der Waals surface area contributed by atoms with Crippen LogP contribution in [0.5, 0.6) is 0 Å². The number of carbonyl (C=O) groups excluding carboxylic acids is 2. The van der Waals surface area contributed by atoms with Crippen molar-refractivity contribution in [3.63, 3.8) is 0 Å². The molecule has 7 nitrogen and oxygen atoms in total. The minimum absolute atomic E-state index is 0.0232. The first-order valence-corrected chi connectivity index (χ1v) is 10.0. The fourth-order valence-corrected chi connectivity index (χ4v) is 3.07. The Hall–Kier alpha value is -3.46. The molecule has 1 heterocycles. The van der Waals surface area contributed by atoms with Crippen LogP contribution in [0.3, 0.4) is 0 Å². The second-order valence-electron chi connectivity index (χ2n) is 6.16. The normalized spacial score (nSPS) is 10.4. The average molecular weight is 426 g/mol. The number of nitrogen functional groups attached to an aromatic ring is 1. The monoisotopic (exact) mass is 426 g/mol. The Morgan fingerprint density at radius 1 is 1.10 bits per heavy atom. The van der Waals surface area contributed by atoms with E-state index in [2.05, 4.69) is 15.3 Å². The van der Waals surface area contributed by atoms with E-state index >= 15 is 0 Å². The Labute approximate surface area is 176 Å². The summed E-state index contributed by atoms with van der Waals surface area (Å²) in [7, 11) is 0. The first-order chi connectivity index (χ1) is 14.5. The lowest BCUT2D eigenvalue weighted by Gasteiger charge is -2.08. The van der Waals surface area contributed by atoms with Crippen LogP contribution >= 0.6 is 11.8 Å². The van der Waals surface area contributed by atoms with Gasteiger partial charge in [-0.05, 0) is 29.8 Å². The summed E-state index contributed by atoms with van der Waals surface area (Å²) >= 11 is 1.06. The van der Waals surface area contributed by atoms with Crippen molar-refractivity contribution in [1.82, 2.24) is 9.97 Å². The second kappa shape index (κ2) is 10.4. The average Bonchev–Trinajstić information content (AvgIpc) is 2.74. The van der Waals surface area contributed by atoms with Crippen molar-refractivity contribution >= 4 is 35.1 Å². The van der Waals surface area contributed by atoms with Crippen LogP contribution in [0.1, 0.15) is 15.9 Å². The largest absolute Gasteiger partial charge is 0.465 e. The van der Waals surface area contributed by atoms with Gasteiger partial charge in [0.15, 0.2) is 5.16 Å². The smallest absolute Gasteiger partial charge is 0.316 e. The molecule has 0 atom stereocenters. The van der Waals surface area contributed by atoms with Crippen LogP contribution in [-0.4, -0.2) is 34.2 Å². The molecule has 2 aromatic carbocycles. The van der Waals surface area contributed by atoms with E-state index in [1.54, 1.807) is 0 Å². The van der Waals surface area contributed by atoms with Gasteiger partial charge in [0, 0.05) is 18.3 Å². The predicted molar refractivity (Wildman–Crippen MR) is 113 cm³/mol. The minimum atomic E-state index is -0.518. The van der Waals surface area contributed by atoms with Gasteiger partial charge < -0.3 is 15.8 Å². The Bertz CT molecular complexity index is 1020. The molecule has 0 fully saturated rings. The summed E-state index contributed by atoms with van der Waals surface area (Å²) in [4.78, 5) is 32.3. The summed E-state index contributed by atoms with van der Waals surface area (Å²) in [5, 5.41) is 2.84. The van der Waals surface area contributed by atoms with Crippen LogP contribution in [0, 0.1) is 5.82 Å². The molecule has 3 aromatic rings. The number of benzene rings is 2. The van der Waals surface area contributed by atoms with E-state index in [0.29, 0.717) is 12.1 Å². The molecule has 3 N–H and O–H groups in total. The van der Waals surface area contributed by atoms with Crippen LogP contribution in [0.2, 0.25) is 0 Å². The highest BCUT2D eigenvalue weighted by molar-refractivity contribution is 7.99. The molecule has 0 radical (unpaired) electrons. The van der Waals surface area contributed by atoms with Gasteiger partial charge in [0.1, 0.15) is 17.2 Å². The van der Waals surface area contributed by atoms with Gasteiger partial charge in [-0.15, -0.1) is 0 Å². The number of hydrogen-bond donors (Lipinski definition) is 2. The Balaban J connectivity index is 1.47. The topological polar surface area (TPSA) is 107 Å². The molecule has 30 heavy (non-hydrogen) atoms. The van der Waals surface area contributed by atoms with Gasteiger partial charge in [0.25, 0.3) is 5.91 Å². The number of nitrogens with zero attached hydrogens (tertiary/aromatic N) is 2. The van der Waals surface area contributed by atoms with Crippen LogP contribution < -0.4 is 11.1 Å². The van der Waals surface area contributed by atoms with Gasteiger partial charge in [0.2, 0.25) is 0 Å². The summed E-state index contributed by atoms with van der Waals surface area (Å²) in [5.41, 5.74) is 7.43. The number of anilines is 2. The quantitative estimate of drug-likeness (QED) is 0.323. The van der Waals surface area contributed by atoms with Crippen LogP contribution in [0.25, 0.3) is 0 Å². The zero-order valence-electron chi connectivity index (χ0n) is 15.9. The summed E-state index contributed by atoms with van der Waals surface area (Å²) in [6, 6.07) is 15.0. The van der Waals surface area contributed by atoms with Crippen LogP contribution in [-0.2, 0) is 16.0 Å². The van der Waals surface area contributed by atoms with Crippen molar-refractivity contribution < 1.29 is 18.7 Å². The third-order valence-electron chi connectivity index (χ3n) is 3.96. The number of aromatic nitrogens is 2. The maximum atomic E-state index is 12.9. The molecule has 0 aliphatic carbocycles. The van der Waals surface area contributed by atoms with E-state index in [9.17, 15) is 14.0 Å². The van der Waals surface area contributed by atoms with Crippen LogP contribution in [0.15, 0.2) is 66.0 Å². The number of thioether (sulfide) groups is 1. The molecule has 0 saturated carbocycles. The number of halogens is 1. The first-order valence-electron chi connectivity index (χ1n) is 9.03. The van der Waals surface area contributed by atoms with Crippen molar-refractivity contribution in [3.05, 3.63) is 77.7 Å². The maximum absolute atomic E-state index is 12.9. The van der Waals surface area contributed by atoms with Crippen molar-refractivity contribution in [2.45, 2.75) is 11.6 Å². The van der Waals surface area contributed by atoms with E-state index in [4.69, 9.17) is 10.5 Å². The third-order valence-corrected chi connectivity index (χ3v) is 4.79. The fraction of sp³-hybridized carbons (Fsp3) is 0.143. The SMILES string of the molecule is Nc1nc(SCC(=O)OCCc2ccccc2)ncc1C(=O)Nc1ccc(F)cc1. The molecule has 1 amide bonds. The molecule has 0 unspecified atom stereocenters. The number of nitrogens with one attached hydrogen (secondary N) is 1. The number of esters is 1. The lowest BCUT2D eigenvalue weighted by atomic mass is 10.2. The Kier molecular flexibility index (Phi) is 7.34. The lowest BCUT2D eigenvalue weighted by molar-refractivity contribution is -0.140.